The Morgan fingerprint density at radius 1 is 1.12 bits per heavy atom. The lowest BCUT2D eigenvalue weighted by Gasteiger charge is -2.25. The highest BCUT2D eigenvalue weighted by molar-refractivity contribution is 7.89. The van der Waals surface area contributed by atoms with E-state index in [2.05, 4.69) is 11.6 Å². The summed E-state index contributed by atoms with van der Waals surface area (Å²) >= 11 is 0. The average molecular weight is 350 g/mol. The Labute approximate surface area is 143 Å². The summed E-state index contributed by atoms with van der Waals surface area (Å²) in [6.07, 6.45) is 0.957. The lowest BCUT2D eigenvalue weighted by molar-refractivity contribution is 0.299. The third-order valence-corrected chi connectivity index (χ3v) is 5.39. The van der Waals surface area contributed by atoms with Crippen molar-refractivity contribution in [2.75, 3.05) is 20.6 Å². The predicted octanol–water partition coefficient (Wildman–Crippen LogP) is 2.97. The minimum absolute atomic E-state index is 0.0682. The maximum Gasteiger partial charge on any atom is 0.240 e. The molecule has 2 aromatic carbocycles. The van der Waals surface area contributed by atoms with Crippen molar-refractivity contribution in [1.82, 2.24) is 9.62 Å². The van der Waals surface area contributed by atoms with E-state index in [0.29, 0.717) is 0 Å². The van der Waals surface area contributed by atoms with E-state index in [1.807, 2.05) is 43.3 Å². The molecule has 0 aliphatic heterocycles. The molecule has 1 unspecified atom stereocenters. The first-order valence-electron chi connectivity index (χ1n) is 7.84. The lowest BCUT2D eigenvalue weighted by atomic mass is 10.0. The smallest absolute Gasteiger partial charge is 0.240 e. The van der Waals surface area contributed by atoms with E-state index >= 15 is 0 Å². The van der Waals surface area contributed by atoms with Crippen LogP contribution in [0.1, 0.15) is 24.1 Å². The molecule has 6 heteroatoms. The van der Waals surface area contributed by atoms with E-state index in [1.165, 1.54) is 23.8 Å². The van der Waals surface area contributed by atoms with Crippen molar-refractivity contribution < 1.29 is 12.8 Å². The Morgan fingerprint density at radius 3 is 2.33 bits per heavy atom. The number of halogens is 1. The molecule has 0 aliphatic rings. The van der Waals surface area contributed by atoms with Crippen molar-refractivity contribution in [1.29, 1.82) is 0 Å². The normalized spacial score (nSPS) is 13.2. The van der Waals surface area contributed by atoms with Crippen molar-refractivity contribution in [2.45, 2.75) is 24.3 Å². The van der Waals surface area contributed by atoms with E-state index in [4.69, 9.17) is 0 Å². The third-order valence-electron chi connectivity index (χ3n) is 3.97. The van der Waals surface area contributed by atoms with E-state index in [9.17, 15) is 12.8 Å². The second-order valence-electron chi connectivity index (χ2n) is 5.88. The lowest BCUT2D eigenvalue weighted by Crippen LogP contribution is -2.34. The molecule has 0 aliphatic carbocycles. The summed E-state index contributed by atoms with van der Waals surface area (Å²) in [6, 6.07) is 13.0. The van der Waals surface area contributed by atoms with Gasteiger partial charge in [0, 0.05) is 12.6 Å². The van der Waals surface area contributed by atoms with Gasteiger partial charge in [0.1, 0.15) is 5.82 Å². The monoisotopic (exact) mass is 350 g/mol. The molecule has 130 valence electrons. The van der Waals surface area contributed by atoms with Gasteiger partial charge in [0.2, 0.25) is 10.0 Å². The van der Waals surface area contributed by atoms with Gasteiger partial charge >= 0.3 is 0 Å². The SMILES string of the molecule is CCc1ccc(C(CNS(=O)(=O)c2cccc(F)c2)N(C)C)cc1. The minimum atomic E-state index is -3.75. The van der Waals surface area contributed by atoms with Crippen molar-refractivity contribution in [3.63, 3.8) is 0 Å². The number of nitrogens with one attached hydrogen (secondary N) is 1. The maximum atomic E-state index is 13.3. The van der Waals surface area contributed by atoms with Crippen LogP contribution in [0.5, 0.6) is 0 Å². The molecule has 0 aromatic heterocycles. The largest absolute Gasteiger partial charge is 0.301 e. The summed E-state index contributed by atoms with van der Waals surface area (Å²) in [7, 11) is 0.0465. The number of benzene rings is 2. The molecule has 1 atom stereocenters. The standard InChI is InChI=1S/C18H23FN2O2S/c1-4-14-8-10-15(11-9-14)18(21(2)3)13-20-24(22,23)17-7-5-6-16(19)12-17/h5-12,18,20H,4,13H2,1-3H3. The van der Waals surface area contributed by atoms with Gasteiger partial charge in [-0.3, -0.25) is 0 Å². The second kappa shape index (κ2) is 7.88. The van der Waals surface area contributed by atoms with Gasteiger partial charge in [0.15, 0.2) is 0 Å². The first-order chi connectivity index (χ1) is 11.3. The van der Waals surface area contributed by atoms with Crippen LogP contribution in [0.15, 0.2) is 53.4 Å². The topological polar surface area (TPSA) is 49.4 Å². The van der Waals surface area contributed by atoms with Gasteiger partial charge in [-0.2, -0.15) is 0 Å². The molecule has 0 spiro atoms. The molecule has 4 nitrogen and oxygen atoms in total. The zero-order chi connectivity index (χ0) is 17.7. The Bertz CT molecular complexity index is 774. The molecular formula is C18H23FN2O2S. The second-order valence-corrected chi connectivity index (χ2v) is 7.65. The van der Waals surface area contributed by atoms with E-state index in [-0.39, 0.29) is 17.5 Å². The van der Waals surface area contributed by atoms with Crippen LogP contribution in [0, 0.1) is 5.82 Å². The summed E-state index contributed by atoms with van der Waals surface area (Å²) < 4.78 is 40.5. The Hall–Kier alpha value is -1.76. The van der Waals surface area contributed by atoms with Crippen molar-refractivity contribution in [2.24, 2.45) is 0 Å². The van der Waals surface area contributed by atoms with Crippen LogP contribution < -0.4 is 4.72 Å². The molecule has 0 fully saturated rings. The summed E-state index contributed by atoms with van der Waals surface area (Å²) in [4.78, 5) is 1.89. The number of hydrogen-bond donors (Lipinski definition) is 1. The molecule has 2 rings (SSSR count). The number of hydrogen-bond acceptors (Lipinski definition) is 3. The van der Waals surface area contributed by atoms with Crippen molar-refractivity contribution >= 4 is 10.0 Å². The van der Waals surface area contributed by atoms with Crippen LogP contribution in [0.4, 0.5) is 4.39 Å². The number of rotatable bonds is 7. The first kappa shape index (κ1) is 18.6. The van der Waals surface area contributed by atoms with E-state index < -0.39 is 15.8 Å². The zero-order valence-electron chi connectivity index (χ0n) is 14.2. The van der Waals surface area contributed by atoms with Gasteiger partial charge in [-0.05, 0) is 49.8 Å². The molecule has 0 saturated heterocycles. The summed E-state index contributed by atoms with van der Waals surface area (Å²) in [5.41, 5.74) is 2.26. The van der Waals surface area contributed by atoms with Gasteiger partial charge in [0.25, 0.3) is 0 Å². The van der Waals surface area contributed by atoms with Crippen LogP contribution in [0.25, 0.3) is 0 Å². The first-order valence-corrected chi connectivity index (χ1v) is 9.32. The van der Waals surface area contributed by atoms with Crippen molar-refractivity contribution in [3.8, 4) is 0 Å². The maximum absolute atomic E-state index is 13.3. The summed E-state index contributed by atoms with van der Waals surface area (Å²) in [6.45, 7) is 2.29. The van der Waals surface area contributed by atoms with Gasteiger partial charge in [-0.1, -0.05) is 37.3 Å². The fourth-order valence-electron chi connectivity index (χ4n) is 2.48. The van der Waals surface area contributed by atoms with Crippen LogP contribution in [0.2, 0.25) is 0 Å². The molecule has 0 amide bonds. The third kappa shape index (κ3) is 4.63. The minimum Gasteiger partial charge on any atom is -0.301 e. The number of nitrogens with zero attached hydrogens (tertiary/aromatic N) is 1. The predicted molar refractivity (Wildman–Crippen MR) is 93.8 cm³/mol. The van der Waals surface area contributed by atoms with Gasteiger partial charge in [-0.25, -0.2) is 17.5 Å². The Kier molecular flexibility index (Phi) is 6.10. The molecule has 0 saturated carbocycles. The van der Waals surface area contributed by atoms with Crippen LogP contribution in [-0.4, -0.2) is 34.0 Å². The van der Waals surface area contributed by atoms with Gasteiger partial charge in [-0.15, -0.1) is 0 Å². The summed E-state index contributed by atoms with van der Waals surface area (Å²) in [5, 5.41) is 0. The number of likely N-dealkylation sites (N-methyl/N-ethyl adjacent to an activating group) is 1. The van der Waals surface area contributed by atoms with Crippen LogP contribution in [0.3, 0.4) is 0 Å². The fraction of sp³-hybridized carbons (Fsp3) is 0.333. The highest BCUT2D eigenvalue weighted by atomic mass is 32.2. The molecule has 24 heavy (non-hydrogen) atoms. The fourth-order valence-corrected chi connectivity index (χ4v) is 3.55. The van der Waals surface area contributed by atoms with E-state index in [0.717, 1.165) is 18.1 Å². The van der Waals surface area contributed by atoms with Gasteiger partial charge in [0.05, 0.1) is 4.90 Å². The molecule has 1 N–H and O–H groups in total. The van der Waals surface area contributed by atoms with Gasteiger partial charge < -0.3 is 4.90 Å². The highest BCUT2D eigenvalue weighted by Gasteiger charge is 2.20. The van der Waals surface area contributed by atoms with E-state index in [1.54, 1.807) is 0 Å². The van der Waals surface area contributed by atoms with Crippen LogP contribution in [-0.2, 0) is 16.4 Å². The molecule has 0 radical (unpaired) electrons. The summed E-state index contributed by atoms with van der Waals surface area (Å²) in [5.74, 6) is -0.572. The Morgan fingerprint density at radius 2 is 1.79 bits per heavy atom. The molecule has 2 aromatic rings. The quantitative estimate of drug-likeness (QED) is 0.835. The molecule has 0 heterocycles. The number of aryl methyl sites for hydroxylation is 1. The Balaban J connectivity index is 2.16. The van der Waals surface area contributed by atoms with Crippen LogP contribution >= 0.6 is 0 Å². The molecular weight excluding hydrogens is 327 g/mol. The average Bonchev–Trinajstić information content (AvgIpc) is 2.55. The zero-order valence-corrected chi connectivity index (χ0v) is 15.0. The highest BCUT2D eigenvalue weighted by Crippen LogP contribution is 2.19. The molecule has 0 bridgehead atoms. The number of sulfonamides is 1. The van der Waals surface area contributed by atoms with Crippen molar-refractivity contribution in [3.05, 3.63) is 65.5 Å².